The summed E-state index contributed by atoms with van der Waals surface area (Å²) in [6.45, 7) is 9.58. The van der Waals surface area contributed by atoms with Crippen LogP contribution in [-0.2, 0) is 11.8 Å². The van der Waals surface area contributed by atoms with Gasteiger partial charge in [-0.1, -0.05) is 71.6 Å². The monoisotopic (exact) mass is 374 g/mol. The van der Waals surface area contributed by atoms with Crippen LogP contribution in [0.15, 0.2) is 23.8 Å². The molecule has 1 N–H and O–H groups in total. The number of hydrogen-bond donors (Lipinski definition) is 1. The Morgan fingerprint density at radius 1 is 1.15 bits per heavy atom. The highest BCUT2D eigenvalue weighted by atomic mass is 31.0. The zero-order chi connectivity index (χ0) is 19.2. The van der Waals surface area contributed by atoms with Crippen LogP contribution in [0.3, 0.4) is 0 Å². The highest BCUT2D eigenvalue weighted by Crippen LogP contribution is 2.36. The quantitative estimate of drug-likeness (QED) is 0.311. The summed E-state index contributed by atoms with van der Waals surface area (Å²) in [5.74, 6) is 0.468. The summed E-state index contributed by atoms with van der Waals surface area (Å²) < 4.78 is 0. The molecular formula is C24H39OP. The molecule has 26 heavy (non-hydrogen) atoms. The van der Waals surface area contributed by atoms with Gasteiger partial charge in [0.1, 0.15) is 0 Å². The first-order valence-electron chi connectivity index (χ1n) is 10.7. The maximum absolute atomic E-state index is 9.55. The molecule has 1 aromatic rings. The Kier molecular flexibility index (Phi) is 8.37. The van der Waals surface area contributed by atoms with Crippen LogP contribution < -0.4 is 5.30 Å². The molecule has 0 aromatic heterocycles. The first kappa shape index (κ1) is 21.6. The maximum Gasteiger partial charge on any atom is 0.0641 e. The number of aliphatic hydroxyl groups is 1. The van der Waals surface area contributed by atoms with Crippen LogP contribution in [0.2, 0.25) is 0 Å². The predicted octanol–water partition coefficient (Wildman–Crippen LogP) is 6.18. The fraction of sp³-hybridized carbons (Fsp3) is 0.667. The summed E-state index contributed by atoms with van der Waals surface area (Å²) in [6.07, 6.45) is 13.5. The Labute approximate surface area is 163 Å². The number of allylic oxidation sites excluding steroid dienone is 1. The molecule has 0 heterocycles. The molecule has 0 saturated heterocycles. The first-order valence-corrected chi connectivity index (χ1v) is 11.2. The van der Waals surface area contributed by atoms with Gasteiger partial charge < -0.3 is 5.11 Å². The van der Waals surface area contributed by atoms with Gasteiger partial charge in [0.05, 0.1) is 6.61 Å². The second-order valence-corrected chi connectivity index (χ2v) is 9.29. The lowest BCUT2D eigenvalue weighted by Gasteiger charge is -2.30. The minimum Gasteiger partial charge on any atom is -0.392 e. The standard InChI is InChI=1S/C24H39OP/c1-5-7-8-9-13-24(3,4)21-15-19(6-2)23(22(26)16-21)20-12-10-11-18(14-20)17-25/h14-16,20,25H,5-13,17,26H2,1-4H3. The zero-order valence-corrected chi connectivity index (χ0v) is 18.6. The van der Waals surface area contributed by atoms with Crippen molar-refractivity contribution in [1.29, 1.82) is 0 Å². The number of aryl methyl sites for hydroxylation is 1. The van der Waals surface area contributed by atoms with Gasteiger partial charge in [-0.25, -0.2) is 0 Å². The molecule has 1 aliphatic rings. The molecule has 2 unspecified atom stereocenters. The maximum atomic E-state index is 9.55. The van der Waals surface area contributed by atoms with E-state index in [9.17, 15) is 5.11 Å². The predicted molar refractivity (Wildman–Crippen MR) is 119 cm³/mol. The van der Waals surface area contributed by atoms with Gasteiger partial charge in [0.2, 0.25) is 0 Å². The molecule has 0 saturated carbocycles. The number of unbranched alkanes of at least 4 members (excludes halogenated alkanes) is 3. The highest BCUT2D eigenvalue weighted by molar-refractivity contribution is 7.27. The van der Waals surface area contributed by atoms with Crippen LogP contribution in [0.1, 0.15) is 102 Å². The van der Waals surface area contributed by atoms with E-state index in [-0.39, 0.29) is 12.0 Å². The number of hydrogen-bond acceptors (Lipinski definition) is 1. The van der Waals surface area contributed by atoms with E-state index in [2.05, 4.69) is 55.1 Å². The van der Waals surface area contributed by atoms with Gasteiger partial charge >= 0.3 is 0 Å². The molecule has 1 aromatic carbocycles. The summed E-state index contributed by atoms with van der Waals surface area (Å²) >= 11 is 0. The average Bonchev–Trinajstić information content (AvgIpc) is 2.64. The van der Waals surface area contributed by atoms with E-state index in [4.69, 9.17) is 0 Å². The topological polar surface area (TPSA) is 20.2 Å². The minimum atomic E-state index is 0.215. The molecule has 2 heteroatoms. The van der Waals surface area contributed by atoms with Crippen molar-refractivity contribution < 1.29 is 5.11 Å². The Morgan fingerprint density at radius 2 is 1.92 bits per heavy atom. The van der Waals surface area contributed by atoms with E-state index in [0.717, 1.165) is 12.8 Å². The lowest BCUT2D eigenvalue weighted by molar-refractivity contribution is 0.321. The van der Waals surface area contributed by atoms with Gasteiger partial charge in [0.25, 0.3) is 0 Å². The smallest absolute Gasteiger partial charge is 0.0641 e. The zero-order valence-electron chi connectivity index (χ0n) is 17.4. The van der Waals surface area contributed by atoms with Crippen molar-refractivity contribution in [3.8, 4) is 0 Å². The second kappa shape index (κ2) is 10.0. The Bertz CT molecular complexity index is 615. The summed E-state index contributed by atoms with van der Waals surface area (Å²) in [6, 6.07) is 4.89. The molecule has 1 aliphatic carbocycles. The molecule has 2 rings (SSSR count). The van der Waals surface area contributed by atoms with Gasteiger partial charge in [0.15, 0.2) is 0 Å². The molecule has 0 fully saturated rings. The van der Waals surface area contributed by atoms with E-state index in [1.165, 1.54) is 72.5 Å². The van der Waals surface area contributed by atoms with Crippen LogP contribution in [-0.4, -0.2) is 11.7 Å². The normalized spacial score (nSPS) is 18.1. The van der Waals surface area contributed by atoms with Gasteiger partial charge in [-0.15, -0.1) is 9.24 Å². The largest absolute Gasteiger partial charge is 0.392 e. The highest BCUT2D eigenvalue weighted by Gasteiger charge is 2.25. The third kappa shape index (κ3) is 5.43. The van der Waals surface area contributed by atoms with Crippen LogP contribution in [0, 0.1) is 0 Å². The number of aliphatic hydroxyl groups excluding tert-OH is 1. The molecule has 0 amide bonds. The molecule has 0 spiro atoms. The van der Waals surface area contributed by atoms with Gasteiger partial charge in [-0.2, -0.15) is 0 Å². The summed E-state index contributed by atoms with van der Waals surface area (Å²) in [5, 5.41) is 10.9. The molecule has 2 atom stereocenters. The van der Waals surface area contributed by atoms with Crippen molar-refractivity contribution in [3.05, 3.63) is 40.5 Å². The summed E-state index contributed by atoms with van der Waals surface area (Å²) in [5.41, 5.74) is 5.93. The van der Waals surface area contributed by atoms with Crippen molar-refractivity contribution in [3.63, 3.8) is 0 Å². The summed E-state index contributed by atoms with van der Waals surface area (Å²) in [7, 11) is 3.01. The lowest BCUT2D eigenvalue weighted by Crippen LogP contribution is -2.22. The fourth-order valence-electron chi connectivity index (χ4n) is 4.37. The first-order chi connectivity index (χ1) is 12.4. The third-order valence-corrected chi connectivity index (χ3v) is 6.62. The molecule has 0 radical (unpaired) electrons. The van der Waals surface area contributed by atoms with Crippen molar-refractivity contribution >= 4 is 14.5 Å². The lowest BCUT2D eigenvalue weighted by atomic mass is 9.76. The Hall–Kier alpha value is -0.650. The summed E-state index contributed by atoms with van der Waals surface area (Å²) in [4.78, 5) is 0. The van der Waals surface area contributed by atoms with Crippen LogP contribution >= 0.6 is 9.24 Å². The molecule has 0 bridgehead atoms. The molecule has 0 aliphatic heterocycles. The fourth-order valence-corrected chi connectivity index (χ4v) is 4.95. The van der Waals surface area contributed by atoms with E-state index >= 15 is 0 Å². The van der Waals surface area contributed by atoms with E-state index in [1.807, 2.05) is 0 Å². The van der Waals surface area contributed by atoms with Crippen LogP contribution in [0.5, 0.6) is 0 Å². The van der Waals surface area contributed by atoms with Crippen molar-refractivity contribution in [1.82, 2.24) is 0 Å². The molecule has 1 nitrogen and oxygen atoms in total. The SMILES string of the molecule is CCCCCCC(C)(C)c1cc(P)c(C2C=C(CO)CCC2)c(CC)c1. The van der Waals surface area contributed by atoms with Gasteiger partial charge in [0, 0.05) is 5.92 Å². The van der Waals surface area contributed by atoms with Crippen molar-refractivity contribution in [2.24, 2.45) is 0 Å². The van der Waals surface area contributed by atoms with Crippen LogP contribution in [0.4, 0.5) is 0 Å². The number of rotatable bonds is 9. The van der Waals surface area contributed by atoms with E-state index in [0.29, 0.717) is 5.92 Å². The average molecular weight is 375 g/mol. The third-order valence-electron chi connectivity index (χ3n) is 6.14. The van der Waals surface area contributed by atoms with Crippen molar-refractivity contribution in [2.45, 2.75) is 96.8 Å². The molecular weight excluding hydrogens is 335 g/mol. The van der Waals surface area contributed by atoms with E-state index in [1.54, 1.807) is 0 Å². The minimum absolute atomic E-state index is 0.215. The second-order valence-electron chi connectivity index (χ2n) is 8.67. The van der Waals surface area contributed by atoms with Crippen LogP contribution in [0.25, 0.3) is 0 Å². The Morgan fingerprint density at radius 3 is 2.58 bits per heavy atom. The Balaban J connectivity index is 2.28. The van der Waals surface area contributed by atoms with E-state index < -0.39 is 0 Å². The molecule has 146 valence electrons. The van der Waals surface area contributed by atoms with Gasteiger partial charge in [-0.05, 0) is 65.1 Å². The van der Waals surface area contributed by atoms with Gasteiger partial charge in [-0.3, -0.25) is 0 Å². The van der Waals surface area contributed by atoms with Crippen molar-refractivity contribution in [2.75, 3.05) is 6.61 Å². The number of benzene rings is 1.